The van der Waals surface area contributed by atoms with Gasteiger partial charge in [-0.1, -0.05) is 0 Å². The van der Waals surface area contributed by atoms with Gasteiger partial charge in [0.25, 0.3) is 0 Å². The summed E-state index contributed by atoms with van der Waals surface area (Å²) in [5, 5.41) is 7.28. The largest absolute Gasteiger partial charge is 0.384 e. The quantitative estimate of drug-likeness (QED) is 0.626. The Hall–Kier alpha value is -1.23. The number of anilines is 1. The van der Waals surface area contributed by atoms with Crippen LogP contribution >= 0.6 is 11.8 Å². The summed E-state index contributed by atoms with van der Waals surface area (Å²) in [5.41, 5.74) is 6.39. The van der Waals surface area contributed by atoms with Crippen LogP contribution in [0.3, 0.4) is 0 Å². The van der Waals surface area contributed by atoms with Gasteiger partial charge in [-0.15, -0.1) is 0 Å². The van der Waals surface area contributed by atoms with Crippen molar-refractivity contribution in [3.8, 4) is 0 Å². The third-order valence-corrected chi connectivity index (χ3v) is 4.13. The molecule has 0 saturated carbocycles. The van der Waals surface area contributed by atoms with Crippen molar-refractivity contribution < 1.29 is 4.39 Å². The van der Waals surface area contributed by atoms with Gasteiger partial charge in [0.1, 0.15) is 11.7 Å². The van der Waals surface area contributed by atoms with Gasteiger partial charge in [-0.3, -0.25) is 5.41 Å². The number of amidine groups is 1. The molecular weight excluding hydrogens is 237 g/mol. The van der Waals surface area contributed by atoms with E-state index in [9.17, 15) is 4.39 Å². The molecule has 92 valence electrons. The lowest BCUT2D eigenvalue weighted by Gasteiger charge is -2.35. The predicted octanol–water partition coefficient (Wildman–Crippen LogP) is 2.05. The first kappa shape index (κ1) is 12.2. The van der Waals surface area contributed by atoms with Crippen LogP contribution in [-0.4, -0.2) is 29.9 Å². The monoisotopic (exact) mass is 253 g/mol. The molecule has 1 heterocycles. The second-order valence-electron chi connectivity index (χ2n) is 4.20. The van der Waals surface area contributed by atoms with Gasteiger partial charge in [0.15, 0.2) is 0 Å². The number of hydrogen-bond donors (Lipinski definition) is 2. The van der Waals surface area contributed by atoms with Crippen LogP contribution in [0.15, 0.2) is 18.2 Å². The van der Waals surface area contributed by atoms with Crippen molar-refractivity contribution in [2.45, 2.75) is 13.0 Å². The van der Waals surface area contributed by atoms with Gasteiger partial charge in [0, 0.05) is 29.7 Å². The highest BCUT2D eigenvalue weighted by Crippen LogP contribution is 2.26. The van der Waals surface area contributed by atoms with E-state index in [2.05, 4.69) is 11.8 Å². The second kappa shape index (κ2) is 4.96. The highest BCUT2D eigenvalue weighted by molar-refractivity contribution is 7.99. The molecule has 5 heteroatoms. The smallest absolute Gasteiger partial charge is 0.147 e. The molecule has 0 radical (unpaired) electrons. The first-order chi connectivity index (χ1) is 8.09. The van der Waals surface area contributed by atoms with E-state index in [-0.39, 0.29) is 11.7 Å². The molecule has 2 rings (SSSR count). The summed E-state index contributed by atoms with van der Waals surface area (Å²) in [5.74, 6) is 1.65. The van der Waals surface area contributed by atoms with Crippen molar-refractivity contribution in [1.82, 2.24) is 0 Å². The Kier molecular flexibility index (Phi) is 3.57. The minimum absolute atomic E-state index is 0.0994. The Labute approximate surface area is 105 Å². The molecule has 1 aliphatic rings. The standard InChI is InChI=1S/C12H16FN3S/c1-8-7-17-5-4-16(8)11-3-2-9(12(14)15)6-10(11)13/h2-3,6,8H,4-5,7H2,1H3,(H3,14,15). The first-order valence-corrected chi connectivity index (χ1v) is 6.73. The number of hydrogen-bond acceptors (Lipinski definition) is 3. The Morgan fingerprint density at radius 1 is 1.59 bits per heavy atom. The van der Waals surface area contributed by atoms with Crippen molar-refractivity contribution >= 4 is 23.3 Å². The Bertz CT molecular complexity index is 436. The van der Waals surface area contributed by atoms with E-state index in [1.54, 1.807) is 12.1 Å². The van der Waals surface area contributed by atoms with Crippen LogP contribution in [-0.2, 0) is 0 Å². The highest BCUT2D eigenvalue weighted by atomic mass is 32.2. The SMILES string of the molecule is CC1CSCCN1c1ccc(C(=N)N)cc1F. The minimum atomic E-state index is -0.295. The number of benzene rings is 1. The van der Waals surface area contributed by atoms with Crippen molar-refractivity contribution in [3.05, 3.63) is 29.6 Å². The Morgan fingerprint density at radius 3 is 2.94 bits per heavy atom. The van der Waals surface area contributed by atoms with E-state index in [0.29, 0.717) is 17.3 Å². The van der Waals surface area contributed by atoms with Crippen molar-refractivity contribution in [3.63, 3.8) is 0 Å². The molecule has 1 aromatic carbocycles. The number of nitrogen functional groups attached to an aromatic ring is 1. The summed E-state index contributed by atoms with van der Waals surface area (Å²) in [6, 6.07) is 5.10. The van der Waals surface area contributed by atoms with E-state index in [4.69, 9.17) is 11.1 Å². The fourth-order valence-electron chi connectivity index (χ4n) is 1.99. The predicted molar refractivity (Wildman–Crippen MR) is 71.5 cm³/mol. The van der Waals surface area contributed by atoms with Crippen LogP contribution in [0.2, 0.25) is 0 Å². The molecule has 3 nitrogen and oxygen atoms in total. The first-order valence-electron chi connectivity index (χ1n) is 5.58. The zero-order valence-electron chi connectivity index (χ0n) is 9.74. The molecule has 0 aromatic heterocycles. The number of thioether (sulfide) groups is 1. The molecule has 0 amide bonds. The molecule has 1 atom stereocenters. The summed E-state index contributed by atoms with van der Waals surface area (Å²) < 4.78 is 14.0. The summed E-state index contributed by atoms with van der Waals surface area (Å²) in [6.45, 7) is 2.96. The zero-order valence-corrected chi connectivity index (χ0v) is 10.6. The summed E-state index contributed by atoms with van der Waals surface area (Å²) in [7, 11) is 0. The lowest BCUT2D eigenvalue weighted by atomic mass is 10.1. The van der Waals surface area contributed by atoms with Gasteiger partial charge >= 0.3 is 0 Å². The molecule has 1 saturated heterocycles. The zero-order chi connectivity index (χ0) is 12.4. The van der Waals surface area contributed by atoms with Crippen LogP contribution in [0.1, 0.15) is 12.5 Å². The van der Waals surface area contributed by atoms with Crippen molar-refractivity contribution in [2.75, 3.05) is 23.0 Å². The van der Waals surface area contributed by atoms with Crippen LogP contribution in [0.4, 0.5) is 10.1 Å². The summed E-state index contributed by atoms with van der Waals surface area (Å²) >= 11 is 1.90. The molecular formula is C12H16FN3S. The van der Waals surface area contributed by atoms with Gasteiger partial charge in [0.05, 0.1) is 5.69 Å². The Morgan fingerprint density at radius 2 is 2.35 bits per heavy atom. The third kappa shape index (κ3) is 2.54. The fourth-order valence-corrected chi connectivity index (χ4v) is 3.01. The lowest BCUT2D eigenvalue weighted by Crippen LogP contribution is -2.40. The molecule has 17 heavy (non-hydrogen) atoms. The molecule has 1 fully saturated rings. The summed E-state index contributed by atoms with van der Waals surface area (Å²) in [6.07, 6.45) is 0. The van der Waals surface area contributed by atoms with Crippen LogP contribution in [0, 0.1) is 11.2 Å². The van der Waals surface area contributed by atoms with E-state index < -0.39 is 0 Å². The van der Waals surface area contributed by atoms with Crippen LogP contribution in [0.25, 0.3) is 0 Å². The maximum Gasteiger partial charge on any atom is 0.147 e. The number of nitrogens with zero attached hydrogens (tertiary/aromatic N) is 1. The van der Waals surface area contributed by atoms with E-state index in [0.717, 1.165) is 18.1 Å². The Balaban J connectivity index is 2.29. The van der Waals surface area contributed by atoms with Gasteiger partial charge in [-0.2, -0.15) is 11.8 Å². The topological polar surface area (TPSA) is 53.1 Å². The molecule has 3 N–H and O–H groups in total. The normalized spacial score (nSPS) is 20.4. The molecule has 0 spiro atoms. The van der Waals surface area contributed by atoms with E-state index in [1.807, 2.05) is 11.8 Å². The maximum absolute atomic E-state index is 14.0. The molecule has 1 aromatic rings. The second-order valence-corrected chi connectivity index (χ2v) is 5.35. The number of halogens is 1. The number of nitrogens with two attached hydrogens (primary N) is 1. The number of rotatable bonds is 2. The van der Waals surface area contributed by atoms with Crippen molar-refractivity contribution in [2.24, 2.45) is 5.73 Å². The van der Waals surface area contributed by atoms with E-state index in [1.165, 1.54) is 6.07 Å². The summed E-state index contributed by atoms with van der Waals surface area (Å²) in [4.78, 5) is 2.08. The van der Waals surface area contributed by atoms with Gasteiger partial charge in [-0.25, -0.2) is 4.39 Å². The average molecular weight is 253 g/mol. The van der Waals surface area contributed by atoms with Crippen LogP contribution in [0.5, 0.6) is 0 Å². The molecule has 0 bridgehead atoms. The average Bonchev–Trinajstić information content (AvgIpc) is 2.30. The molecule has 1 aliphatic heterocycles. The minimum Gasteiger partial charge on any atom is -0.384 e. The third-order valence-electron chi connectivity index (χ3n) is 2.94. The highest BCUT2D eigenvalue weighted by Gasteiger charge is 2.21. The van der Waals surface area contributed by atoms with Gasteiger partial charge in [0.2, 0.25) is 0 Å². The van der Waals surface area contributed by atoms with E-state index >= 15 is 0 Å². The fraction of sp³-hybridized carbons (Fsp3) is 0.417. The lowest BCUT2D eigenvalue weighted by molar-refractivity contribution is 0.603. The van der Waals surface area contributed by atoms with Gasteiger partial charge in [-0.05, 0) is 25.1 Å². The van der Waals surface area contributed by atoms with Crippen LogP contribution < -0.4 is 10.6 Å². The molecule has 1 unspecified atom stereocenters. The van der Waals surface area contributed by atoms with Gasteiger partial charge < -0.3 is 10.6 Å². The maximum atomic E-state index is 14.0. The number of nitrogens with one attached hydrogen (secondary N) is 1. The molecule has 0 aliphatic carbocycles. The van der Waals surface area contributed by atoms with Crippen molar-refractivity contribution in [1.29, 1.82) is 5.41 Å².